The molecule has 1 atom stereocenters. The Morgan fingerprint density at radius 3 is 2.29 bits per heavy atom. The lowest BCUT2D eigenvalue weighted by molar-refractivity contribution is -0.149. The topological polar surface area (TPSA) is 52.3 Å². The van der Waals surface area contributed by atoms with Crippen molar-refractivity contribution in [1.29, 1.82) is 0 Å². The van der Waals surface area contributed by atoms with Crippen LogP contribution in [0.4, 0.5) is 0 Å². The number of carbonyl (C=O) groups is 1. The van der Waals surface area contributed by atoms with Crippen LogP contribution >= 0.6 is 11.8 Å². The molecule has 0 bridgehead atoms. The van der Waals surface area contributed by atoms with Gasteiger partial charge in [-0.05, 0) is 32.4 Å². The SMILES string of the molecule is CCOC(=O)C(C)(N)CCCCSC(C)(C)C. The zero-order valence-electron chi connectivity index (χ0n) is 11.8. The number of carbonyl (C=O) groups excluding carboxylic acids is 1. The van der Waals surface area contributed by atoms with E-state index >= 15 is 0 Å². The van der Waals surface area contributed by atoms with Gasteiger partial charge in [-0.2, -0.15) is 11.8 Å². The molecule has 0 aliphatic carbocycles. The second-order valence-corrected chi connectivity index (χ2v) is 7.48. The van der Waals surface area contributed by atoms with E-state index in [0.29, 0.717) is 17.8 Å². The van der Waals surface area contributed by atoms with Crippen LogP contribution in [0.15, 0.2) is 0 Å². The Labute approximate surface area is 110 Å². The van der Waals surface area contributed by atoms with Gasteiger partial charge in [0.05, 0.1) is 6.61 Å². The summed E-state index contributed by atoms with van der Waals surface area (Å²) in [7, 11) is 0. The molecule has 0 amide bonds. The third kappa shape index (κ3) is 8.50. The Kier molecular flexibility index (Phi) is 7.17. The molecule has 0 spiro atoms. The summed E-state index contributed by atoms with van der Waals surface area (Å²) in [6.45, 7) is 10.6. The first-order chi connectivity index (χ1) is 7.69. The molecular formula is C13H27NO2S. The van der Waals surface area contributed by atoms with Crippen LogP contribution in [0, 0.1) is 0 Å². The van der Waals surface area contributed by atoms with Crippen LogP contribution < -0.4 is 5.73 Å². The smallest absolute Gasteiger partial charge is 0.325 e. The predicted octanol–water partition coefficient (Wildman–Crippen LogP) is 2.97. The first-order valence-corrected chi connectivity index (χ1v) is 7.27. The standard InChI is InChI=1S/C13H27NO2S/c1-6-16-11(15)13(5,14)9-7-8-10-17-12(2,3)4/h6-10,14H2,1-5H3. The summed E-state index contributed by atoms with van der Waals surface area (Å²) in [5, 5.41) is 0. The molecular weight excluding hydrogens is 234 g/mol. The fraction of sp³-hybridized carbons (Fsp3) is 0.923. The number of hydrogen-bond acceptors (Lipinski definition) is 4. The predicted molar refractivity (Wildman–Crippen MR) is 75.3 cm³/mol. The summed E-state index contributed by atoms with van der Waals surface area (Å²) in [5.41, 5.74) is 5.10. The Morgan fingerprint density at radius 2 is 1.82 bits per heavy atom. The lowest BCUT2D eigenvalue weighted by atomic mass is 9.96. The van der Waals surface area contributed by atoms with Crippen LogP contribution in [0.5, 0.6) is 0 Å². The highest BCUT2D eigenvalue weighted by Gasteiger charge is 2.29. The van der Waals surface area contributed by atoms with Crippen molar-refractivity contribution in [2.45, 2.75) is 64.2 Å². The minimum absolute atomic E-state index is 0.288. The van der Waals surface area contributed by atoms with Crippen LogP contribution in [-0.2, 0) is 9.53 Å². The second kappa shape index (κ2) is 7.27. The molecule has 0 saturated carbocycles. The lowest BCUT2D eigenvalue weighted by Crippen LogP contribution is -2.46. The highest BCUT2D eigenvalue weighted by atomic mass is 32.2. The van der Waals surface area contributed by atoms with Crippen molar-refractivity contribution in [3.8, 4) is 0 Å². The third-order valence-electron chi connectivity index (χ3n) is 2.37. The summed E-state index contributed by atoms with van der Waals surface area (Å²) in [6, 6.07) is 0. The van der Waals surface area contributed by atoms with Gasteiger partial charge in [0, 0.05) is 4.75 Å². The van der Waals surface area contributed by atoms with Crippen molar-refractivity contribution in [3.05, 3.63) is 0 Å². The van der Waals surface area contributed by atoms with E-state index in [-0.39, 0.29) is 5.97 Å². The molecule has 3 nitrogen and oxygen atoms in total. The van der Waals surface area contributed by atoms with Gasteiger partial charge in [0.2, 0.25) is 0 Å². The number of unbranched alkanes of at least 4 members (excludes halogenated alkanes) is 1. The average Bonchev–Trinajstić information content (AvgIpc) is 2.15. The van der Waals surface area contributed by atoms with Gasteiger partial charge >= 0.3 is 5.97 Å². The molecule has 0 radical (unpaired) electrons. The number of ether oxygens (including phenoxy) is 1. The largest absolute Gasteiger partial charge is 0.465 e. The maximum absolute atomic E-state index is 11.5. The Hall–Kier alpha value is -0.220. The van der Waals surface area contributed by atoms with E-state index in [9.17, 15) is 4.79 Å². The number of nitrogens with two attached hydrogens (primary N) is 1. The maximum Gasteiger partial charge on any atom is 0.325 e. The summed E-state index contributed by atoms with van der Waals surface area (Å²) in [5.74, 6) is 0.825. The van der Waals surface area contributed by atoms with Crippen molar-refractivity contribution >= 4 is 17.7 Å². The van der Waals surface area contributed by atoms with Gasteiger partial charge in [-0.15, -0.1) is 0 Å². The molecule has 0 heterocycles. The van der Waals surface area contributed by atoms with Crippen molar-refractivity contribution < 1.29 is 9.53 Å². The first kappa shape index (κ1) is 16.8. The molecule has 0 aliphatic rings. The highest BCUT2D eigenvalue weighted by molar-refractivity contribution is 8.00. The van der Waals surface area contributed by atoms with Crippen molar-refractivity contribution in [2.24, 2.45) is 5.73 Å². The molecule has 0 saturated heterocycles. The Bertz CT molecular complexity index is 234. The Balaban J connectivity index is 3.76. The molecule has 0 aromatic heterocycles. The van der Waals surface area contributed by atoms with Gasteiger partial charge < -0.3 is 10.5 Å². The van der Waals surface area contributed by atoms with Crippen molar-refractivity contribution in [1.82, 2.24) is 0 Å². The normalized spacial score (nSPS) is 15.4. The Morgan fingerprint density at radius 1 is 1.24 bits per heavy atom. The highest BCUT2D eigenvalue weighted by Crippen LogP contribution is 2.25. The molecule has 2 N–H and O–H groups in total. The van der Waals surface area contributed by atoms with Gasteiger partial charge in [0.25, 0.3) is 0 Å². The van der Waals surface area contributed by atoms with E-state index in [4.69, 9.17) is 10.5 Å². The van der Waals surface area contributed by atoms with E-state index in [1.54, 1.807) is 13.8 Å². The minimum Gasteiger partial charge on any atom is -0.465 e. The molecule has 0 aliphatic heterocycles. The first-order valence-electron chi connectivity index (χ1n) is 6.29. The zero-order chi connectivity index (χ0) is 13.5. The van der Waals surface area contributed by atoms with E-state index in [1.165, 1.54) is 0 Å². The number of rotatable bonds is 7. The van der Waals surface area contributed by atoms with Crippen LogP contribution in [-0.4, -0.2) is 28.6 Å². The molecule has 4 heteroatoms. The molecule has 1 unspecified atom stereocenters. The van der Waals surface area contributed by atoms with E-state index in [0.717, 1.165) is 18.6 Å². The summed E-state index contributed by atoms with van der Waals surface area (Å²) >= 11 is 1.95. The fourth-order valence-electron chi connectivity index (χ4n) is 1.37. The molecule has 0 aromatic rings. The lowest BCUT2D eigenvalue weighted by Gasteiger charge is -2.22. The number of hydrogen-bond donors (Lipinski definition) is 1. The fourth-order valence-corrected chi connectivity index (χ4v) is 2.33. The average molecular weight is 261 g/mol. The molecule has 0 aromatic carbocycles. The summed E-state index contributed by atoms with van der Waals surface area (Å²) < 4.78 is 5.26. The second-order valence-electron chi connectivity index (χ2n) is 5.56. The van der Waals surface area contributed by atoms with E-state index in [2.05, 4.69) is 20.8 Å². The van der Waals surface area contributed by atoms with Gasteiger partial charge in [0.1, 0.15) is 5.54 Å². The van der Waals surface area contributed by atoms with Gasteiger partial charge in [-0.3, -0.25) is 4.79 Å². The molecule has 0 rings (SSSR count). The quantitative estimate of drug-likeness (QED) is 0.565. The van der Waals surface area contributed by atoms with Gasteiger partial charge in [-0.25, -0.2) is 0 Å². The maximum atomic E-state index is 11.5. The van der Waals surface area contributed by atoms with E-state index < -0.39 is 5.54 Å². The van der Waals surface area contributed by atoms with Gasteiger partial charge in [-0.1, -0.05) is 27.2 Å². The van der Waals surface area contributed by atoms with Crippen molar-refractivity contribution in [2.75, 3.05) is 12.4 Å². The zero-order valence-corrected chi connectivity index (χ0v) is 12.7. The molecule has 0 fully saturated rings. The molecule has 17 heavy (non-hydrogen) atoms. The van der Waals surface area contributed by atoms with E-state index in [1.807, 2.05) is 11.8 Å². The summed E-state index contributed by atoms with van der Waals surface area (Å²) in [6.07, 6.45) is 2.75. The third-order valence-corrected chi connectivity index (χ3v) is 3.73. The van der Waals surface area contributed by atoms with Crippen LogP contribution in [0.1, 0.15) is 53.9 Å². The van der Waals surface area contributed by atoms with Gasteiger partial charge in [0.15, 0.2) is 0 Å². The van der Waals surface area contributed by atoms with Crippen LogP contribution in [0.2, 0.25) is 0 Å². The van der Waals surface area contributed by atoms with Crippen LogP contribution in [0.25, 0.3) is 0 Å². The van der Waals surface area contributed by atoms with Crippen LogP contribution in [0.3, 0.4) is 0 Å². The number of thioether (sulfide) groups is 1. The number of esters is 1. The molecule has 102 valence electrons. The minimum atomic E-state index is -0.831. The van der Waals surface area contributed by atoms with Crippen molar-refractivity contribution in [3.63, 3.8) is 0 Å². The monoisotopic (exact) mass is 261 g/mol. The summed E-state index contributed by atoms with van der Waals surface area (Å²) in [4.78, 5) is 11.5.